The number of rotatable bonds is 8. The number of esters is 1. The highest BCUT2D eigenvalue weighted by molar-refractivity contribution is 6.32. The van der Waals surface area contributed by atoms with Gasteiger partial charge in [-0.05, 0) is 51.2 Å². The van der Waals surface area contributed by atoms with E-state index in [-0.39, 0.29) is 5.97 Å². The Kier molecular flexibility index (Phi) is 7.67. The Morgan fingerprint density at radius 2 is 2.00 bits per heavy atom. The van der Waals surface area contributed by atoms with E-state index in [1.165, 1.54) is 0 Å². The lowest BCUT2D eigenvalue weighted by atomic mass is 9.75. The molecular weight excluding hydrogens is 296 g/mol. The van der Waals surface area contributed by atoms with Crippen molar-refractivity contribution in [3.8, 4) is 0 Å². The van der Waals surface area contributed by atoms with Crippen molar-refractivity contribution in [2.24, 2.45) is 11.3 Å². The molecule has 3 heteroatoms. The predicted octanol–water partition coefficient (Wildman–Crippen LogP) is 5.75. The summed E-state index contributed by atoms with van der Waals surface area (Å²) in [5.41, 5.74) is 0.588. The molecule has 1 rings (SSSR count). The van der Waals surface area contributed by atoms with Crippen LogP contribution in [-0.4, -0.2) is 12.6 Å². The fourth-order valence-corrected chi connectivity index (χ4v) is 2.88. The second kappa shape index (κ2) is 8.99. The van der Waals surface area contributed by atoms with E-state index in [4.69, 9.17) is 16.3 Å². The molecule has 0 heterocycles. The molecule has 1 aromatic carbocycles. The maximum atomic E-state index is 12.1. The molecule has 22 heavy (non-hydrogen) atoms. The average molecular weight is 323 g/mol. The lowest BCUT2D eigenvalue weighted by Crippen LogP contribution is -2.34. The second-order valence-electron chi connectivity index (χ2n) is 6.05. The van der Waals surface area contributed by atoms with Crippen molar-refractivity contribution in [2.45, 2.75) is 47.0 Å². The summed E-state index contributed by atoms with van der Waals surface area (Å²) in [6, 6.07) is 7.79. The smallest absolute Gasteiger partial charge is 0.311 e. The summed E-state index contributed by atoms with van der Waals surface area (Å²) in [7, 11) is 0. The first-order chi connectivity index (χ1) is 10.4. The van der Waals surface area contributed by atoms with Crippen molar-refractivity contribution in [3.05, 3.63) is 40.9 Å². The van der Waals surface area contributed by atoms with Crippen LogP contribution in [0.3, 0.4) is 0 Å². The molecule has 0 saturated heterocycles. The summed E-state index contributed by atoms with van der Waals surface area (Å²) in [5.74, 6) is 0.208. The van der Waals surface area contributed by atoms with Gasteiger partial charge in [-0.2, -0.15) is 0 Å². The van der Waals surface area contributed by atoms with Crippen molar-refractivity contribution < 1.29 is 9.53 Å². The Morgan fingerprint density at radius 1 is 1.32 bits per heavy atom. The Bertz CT molecular complexity index is 506. The molecule has 0 spiro atoms. The number of halogens is 1. The molecule has 1 aromatic rings. The molecule has 1 atom stereocenters. The standard InChI is InChI=1S/C19H27ClO2/c1-5-16(19(3,4)18(21)22-6-2)13-9-7-11-15-12-8-10-14-17(15)20/h7-8,10-12,14,16H,5-6,9,13H2,1-4H3. The van der Waals surface area contributed by atoms with Gasteiger partial charge in [-0.3, -0.25) is 4.79 Å². The van der Waals surface area contributed by atoms with E-state index in [2.05, 4.69) is 13.0 Å². The summed E-state index contributed by atoms with van der Waals surface area (Å²) < 4.78 is 5.21. The van der Waals surface area contributed by atoms with Crippen LogP contribution in [0.1, 0.15) is 52.5 Å². The topological polar surface area (TPSA) is 26.3 Å². The number of benzene rings is 1. The van der Waals surface area contributed by atoms with Gasteiger partial charge >= 0.3 is 5.97 Å². The summed E-state index contributed by atoms with van der Waals surface area (Å²) in [6.07, 6.45) is 7.03. The van der Waals surface area contributed by atoms with Gasteiger partial charge in [-0.1, -0.05) is 55.3 Å². The van der Waals surface area contributed by atoms with E-state index >= 15 is 0 Å². The number of hydrogen-bond donors (Lipinski definition) is 0. The zero-order valence-corrected chi connectivity index (χ0v) is 14.8. The molecule has 0 bridgehead atoms. The third-order valence-electron chi connectivity index (χ3n) is 4.20. The van der Waals surface area contributed by atoms with Gasteiger partial charge in [0.1, 0.15) is 0 Å². The molecule has 0 fully saturated rings. The van der Waals surface area contributed by atoms with Gasteiger partial charge < -0.3 is 4.74 Å². The number of ether oxygens (including phenoxy) is 1. The quantitative estimate of drug-likeness (QED) is 0.570. The third-order valence-corrected chi connectivity index (χ3v) is 4.54. The van der Waals surface area contributed by atoms with Gasteiger partial charge in [0, 0.05) is 5.02 Å². The largest absolute Gasteiger partial charge is 0.466 e. The molecule has 0 N–H and O–H groups in total. The molecular formula is C19H27ClO2. The van der Waals surface area contributed by atoms with Crippen molar-refractivity contribution >= 4 is 23.6 Å². The van der Waals surface area contributed by atoms with Crippen LogP contribution >= 0.6 is 11.6 Å². The molecule has 0 aromatic heterocycles. The van der Waals surface area contributed by atoms with E-state index in [1.54, 1.807) is 0 Å². The molecule has 0 aliphatic carbocycles. The monoisotopic (exact) mass is 322 g/mol. The highest BCUT2D eigenvalue weighted by atomic mass is 35.5. The maximum absolute atomic E-state index is 12.1. The third kappa shape index (κ3) is 5.17. The van der Waals surface area contributed by atoms with E-state index in [0.29, 0.717) is 12.5 Å². The summed E-state index contributed by atoms with van der Waals surface area (Å²) >= 11 is 6.13. The fourth-order valence-electron chi connectivity index (χ4n) is 2.68. The van der Waals surface area contributed by atoms with E-state index < -0.39 is 5.41 Å². The minimum absolute atomic E-state index is 0.100. The Morgan fingerprint density at radius 3 is 2.59 bits per heavy atom. The van der Waals surface area contributed by atoms with E-state index in [0.717, 1.165) is 29.8 Å². The van der Waals surface area contributed by atoms with Crippen LogP contribution in [0, 0.1) is 11.3 Å². The minimum atomic E-state index is -0.441. The number of allylic oxidation sites excluding steroid dienone is 1. The average Bonchev–Trinajstić information content (AvgIpc) is 2.49. The van der Waals surface area contributed by atoms with E-state index in [9.17, 15) is 4.79 Å². The molecule has 2 nitrogen and oxygen atoms in total. The Balaban J connectivity index is 2.61. The second-order valence-corrected chi connectivity index (χ2v) is 6.46. The lowest BCUT2D eigenvalue weighted by molar-refractivity contribution is -0.157. The highest BCUT2D eigenvalue weighted by Crippen LogP contribution is 2.34. The van der Waals surface area contributed by atoms with E-state index in [1.807, 2.05) is 51.1 Å². The van der Waals surface area contributed by atoms with Crippen LogP contribution in [0.15, 0.2) is 30.3 Å². The van der Waals surface area contributed by atoms with Gasteiger partial charge in [-0.25, -0.2) is 0 Å². The van der Waals surface area contributed by atoms with Crippen molar-refractivity contribution in [1.82, 2.24) is 0 Å². The SMILES string of the molecule is CCOC(=O)C(C)(C)C(CC)CCC=Cc1ccccc1Cl. The number of carbonyl (C=O) groups is 1. The maximum Gasteiger partial charge on any atom is 0.311 e. The molecule has 0 saturated carbocycles. The van der Waals surface area contributed by atoms with Crippen molar-refractivity contribution in [2.75, 3.05) is 6.61 Å². The van der Waals surface area contributed by atoms with Crippen LogP contribution in [0.25, 0.3) is 6.08 Å². The summed E-state index contributed by atoms with van der Waals surface area (Å²) in [6.45, 7) is 8.38. The highest BCUT2D eigenvalue weighted by Gasteiger charge is 2.36. The molecule has 0 radical (unpaired) electrons. The summed E-state index contributed by atoms with van der Waals surface area (Å²) in [5, 5.41) is 0.762. The van der Waals surface area contributed by atoms with Gasteiger partial charge in [0.2, 0.25) is 0 Å². The predicted molar refractivity (Wildman–Crippen MR) is 93.9 cm³/mol. The van der Waals surface area contributed by atoms with Crippen LogP contribution in [0.4, 0.5) is 0 Å². The first kappa shape index (κ1) is 18.8. The number of hydrogen-bond acceptors (Lipinski definition) is 2. The van der Waals surface area contributed by atoms with Gasteiger partial charge in [0.25, 0.3) is 0 Å². The zero-order valence-electron chi connectivity index (χ0n) is 14.1. The fraction of sp³-hybridized carbons (Fsp3) is 0.526. The summed E-state index contributed by atoms with van der Waals surface area (Å²) in [4.78, 5) is 12.1. The van der Waals surface area contributed by atoms with Gasteiger partial charge in [0.05, 0.1) is 12.0 Å². The molecule has 1 unspecified atom stereocenters. The van der Waals surface area contributed by atoms with Crippen LogP contribution in [0.2, 0.25) is 5.02 Å². The van der Waals surface area contributed by atoms with Gasteiger partial charge in [0.15, 0.2) is 0 Å². The Labute approximate surface area is 139 Å². The first-order valence-electron chi connectivity index (χ1n) is 8.01. The zero-order chi connectivity index (χ0) is 16.6. The lowest BCUT2D eigenvalue weighted by Gasteiger charge is -2.31. The molecule has 0 aliphatic rings. The van der Waals surface area contributed by atoms with Crippen LogP contribution < -0.4 is 0 Å². The molecule has 122 valence electrons. The normalized spacial score (nSPS) is 13.3. The van der Waals surface area contributed by atoms with Crippen molar-refractivity contribution in [1.29, 1.82) is 0 Å². The minimum Gasteiger partial charge on any atom is -0.466 e. The number of carbonyl (C=O) groups excluding carboxylic acids is 1. The Hall–Kier alpha value is -1.28. The van der Waals surface area contributed by atoms with Gasteiger partial charge in [-0.15, -0.1) is 0 Å². The van der Waals surface area contributed by atoms with Crippen LogP contribution in [-0.2, 0) is 9.53 Å². The molecule has 0 aliphatic heterocycles. The van der Waals surface area contributed by atoms with Crippen molar-refractivity contribution in [3.63, 3.8) is 0 Å². The van der Waals surface area contributed by atoms with Crippen LogP contribution in [0.5, 0.6) is 0 Å². The molecule has 0 amide bonds. The first-order valence-corrected chi connectivity index (χ1v) is 8.39.